The van der Waals surface area contributed by atoms with E-state index in [-0.39, 0.29) is 28.5 Å². The van der Waals surface area contributed by atoms with E-state index in [1.807, 2.05) is 4.90 Å². The molecule has 2 fully saturated rings. The molecular weight excluding hydrogens is 391 g/mol. The second kappa shape index (κ2) is 8.10. The average molecular weight is 412 g/mol. The van der Waals surface area contributed by atoms with E-state index in [4.69, 9.17) is 0 Å². The van der Waals surface area contributed by atoms with Gasteiger partial charge >= 0.3 is 0 Å². The number of amides is 2. The van der Waals surface area contributed by atoms with Gasteiger partial charge in [-0.2, -0.15) is 0 Å². The average Bonchev–Trinajstić information content (AvgIpc) is 3.39. The first-order chi connectivity index (χ1) is 14.4. The van der Waals surface area contributed by atoms with Crippen LogP contribution in [-0.2, 0) is 4.79 Å². The molecule has 2 aromatic rings. The molecular formula is C21H21FN4O4. The predicted octanol–water partition coefficient (Wildman–Crippen LogP) is 3.71. The number of nitrogens with one attached hydrogen (secondary N) is 1. The number of hydrogen-bond acceptors (Lipinski definition) is 5. The van der Waals surface area contributed by atoms with E-state index in [0.29, 0.717) is 25.1 Å². The van der Waals surface area contributed by atoms with Crippen molar-refractivity contribution in [3.05, 3.63) is 57.9 Å². The minimum absolute atomic E-state index is 0.127. The van der Waals surface area contributed by atoms with Gasteiger partial charge < -0.3 is 15.1 Å². The number of hydrogen-bond donors (Lipinski definition) is 1. The highest BCUT2D eigenvalue weighted by atomic mass is 19.1. The monoisotopic (exact) mass is 412 g/mol. The number of carbonyl (C=O) groups is 2. The smallest absolute Gasteiger partial charge is 0.270 e. The van der Waals surface area contributed by atoms with Crippen molar-refractivity contribution >= 4 is 34.6 Å². The molecule has 156 valence electrons. The van der Waals surface area contributed by atoms with Crippen LogP contribution in [0, 0.1) is 15.9 Å². The summed E-state index contributed by atoms with van der Waals surface area (Å²) in [6, 6.07) is 8.35. The number of nitrogens with zero attached hydrogens (tertiary/aromatic N) is 3. The summed E-state index contributed by atoms with van der Waals surface area (Å²) in [5.74, 6) is -1.29. The molecule has 2 aliphatic heterocycles. The summed E-state index contributed by atoms with van der Waals surface area (Å²) in [5, 5.41) is 13.8. The summed E-state index contributed by atoms with van der Waals surface area (Å²) >= 11 is 0. The number of nitro benzene ring substituents is 1. The predicted molar refractivity (Wildman–Crippen MR) is 110 cm³/mol. The third kappa shape index (κ3) is 3.83. The minimum atomic E-state index is -0.609. The minimum Gasteiger partial charge on any atom is -0.371 e. The lowest BCUT2D eigenvalue weighted by Gasteiger charge is -2.21. The Labute approximate surface area is 172 Å². The first kappa shape index (κ1) is 19.8. The van der Waals surface area contributed by atoms with Crippen molar-refractivity contribution in [3.8, 4) is 0 Å². The van der Waals surface area contributed by atoms with Crippen LogP contribution in [0.1, 0.15) is 36.0 Å². The molecule has 0 aromatic heterocycles. The first-order valence-corrected chi connectivity index (χ1v) is 9.89. The lowest BCUT2D eigenvalue weighted by atomic mass is 10.1. The summed E-state index contributed by atoms with van der Waals surface area (Å²) in [5.41, 5.74) is 1.01. The van der Waals surface area contributed by atoms with E-state index in [9.17, 15) is 24.1 Å². The van der Waals surface area contributed by atoms with Gasteiger partial charge in [-0.25, -0.2) is 4.39 Å². The molecule has 9 heteroatoms. The van der Waals surface area contributed by atoms with Crippen molar-refractivity contribution in [2.24, 2.45) is 0 Å². The van der Waals surface area contributed by atoms with Gasteiger partial charge in [0.1, 0.15) is 5.82 Å². The van der Waals surface area contributed by atoms with Gasteiger partial charge in [-0.1, -0.05) is 0 Å². The van der Waals surface area contributed by atoms with Gasteiger partial charge in [-0.05, 0) is 43.5 Å². The Bertz CT molecular complexity index is 1020. The summed E-state index contributed by atoms with van der Waals surface area (Å²) < 4.78 is 14.6. The SMILES string of the molecule is O=C(Nc1ccc(N2CCCC2=O)c(F)c1)c1cc([N+](=O)[O-])ccc1N1CCCC1. The van der Waals surface area contributed by atoms with Crippen molar-refractivity contribution in [1.29, 1.82) is 0 Å². The van der Waals surface area contributed by atoms with Crippen molar-refractivity contribution < 1.29 is 18.9 Å². The summed E-state index contributed by atoms with van der Waals surface area (Å²) in [4.78, 5) is 38.8. The molecule has 2 aromatic carbocycles. The second-order valence-electron chi connectivity index (χ2n) is 7.42. The van der Waals surface area contributed by atoms with Crippen LogP contribution >= 0.6 is 0 Å². The Kier molecular flexibility index (Phi) is 5.35. The summed E-state index contributed by atoms with van der Waals surface area (Å²) in [7, 11) is 0. The number of rotatable bonds is 5. The molecule has 0 bridgehead atoms. The lowest BCUT2D eigenvalue weighted by molar-refractivity contribution is -0.384. The molecule has 0 unspecified atom stereocenters. The molecule has 0 aliphatic carbocycles. The fourth-order valence-corrected chi connectivity index (χ4v) is 3.96. The Morgan fingerprint density at radius 3 is 2.40 bits per heavy atom. The fourth-order valence-electron chi connectivity index (χ4n) is 3.96. The van der Waals surface area contributed by atoms with E-state index in [1.54, 1.807) is 6.07 Å². The van der Waals surface area contributed by atoms with Crippen LogP contribution in [0.2, 0.25) is 0 Å². The highest BCUT2D eigenvalue weighted by molar-refractivity contribution is 6.08. The number of carbonyl (C=O) groups excluding carboxylic acids is 2. The zero-order valence-corrected chi connectivity index (χ0v) is 16.3. The number of non-ortho nitro benzene ring substituents is 1. The Balaban J connectivity index is 1.60. The van der Waals surface area contributed by atoms with Crippen molar-refractivity contribution in [3.63, 3.8) is 0 Å². The molecule has 4 rings (SSSR count). The van der Waals surface area contributed by atoms with Gasteiger partial charge in [0.2, 0.25) is 5.91 Å². The van der Waals surface area contributed by atoms with Gasteiger partial charge in [-0.15, -0.1) is 0 Å². The van der Waals surface area contributed by atoms with Crippen molar-refractivity contribution in [2.75, 3.05) is 34.8 Å². The van der Waals surface area contributed by atoms with Crippen LogP contribution in [0.4, 0.5) is 27.1 Å². The number of halogens is 1. The number of benzene rings is 2. The summed E-state index contributed by atoms with van der Waals surface area (Å²) in [6.07, 6.45) is 3.05. The molecule has 0 atom stereocenters. The second-order valence-corrected chi connectivity index (χ2v) is 7.42. The van der Waals surface area contributed by atoms with Crippen molar-refractivity contribution in [2.45, 2.75) is 25.7 Å². The van der Waals surface area contributed by atoms with Crippen LogP contribution in [0.15, 0.2) is 36.4 Å². The molecule has 2 amide bonds. The van der Waals surface area contributed by atoms with Crippen LogP contribution < -0.4 is 15.1 Å². The van der Waals surface area contributed by atoms with E-state index in [1.165, 1.54) is 29.2 Å². The molecule has 0 saturated carbocycles. The number of anilines is 3. The molecule has 2 saturated heterocycles. The van der Waals surface area contributed by atoms with Gasteiger partial charge in [0.05, 0.1) is 21.9 Å². The third-order valence-electron chi connectivity index (χ3n) is 5.45. The standard InChI is InChI=1S/C21H21FN4O4/c22-17-12-14(5-7-19(17)25-11-3-4-20(25)27)23-21(28)16-13-15(26(29)30)6-8-18(16)24-9-1-2-10-24/h5-8,12-13H,1-4,9-11H2,(H,23,28). The number of nitro groups is 1. The topological polar surface area (TPSA) is 95.8 Å². The van der Waals surface area contributed by atoms with Crippen LogP contribution in [0.3, 0.4) is 0 Å². The maximum atomic E-state index is 14.6. The maximum absolute atomic E-state index is 14.6. The highest BCUT2D eigenvalue weighted by Gasteiger charge is 2.25. The quantitative estimate of drug-likeness (QED) is 0.597. The molecule has 30 heavy (non-hydrogen) atoms. The fraction of sp³-hybridized carbons (Fsp3) is 0.333. The van der Waals surface area contributed by atoms with E-state index >= 15 is 0 Å². The molecule has 1 N–H and O–H groups in total. The normalized spacial score (nSPS) is 16.2. The lowest BCUT2D eigenvalue weighted by Crippen LogP contribution is -2.25. The third-order valence-corrected chi connectivity index (χ3v) is 5.45. The zero-order valence-electron chi connectivity index (χ0n) is 16.3. The Morgan fingerprint density at radius 2 is 1.77 bits per heavy atom. The zero-order chi connectivity index (χ0) is 21.3. The molecule has 0 spiro atoms. The Hall–Kier alpha value is -3.49. The van der Waals surface area contributed by atoms with Gasteiger partial charge in [0, 0.05) is 43.9 Å². The van der Waals surface area contributed by atoms with Crippen LogP contribution in [-0.4, -0.2) is 36.4 Å². The summed E-state index contributed by atoms with van der Waals surface area (Å²) in [6.45, 7) is 2.00. The maximum Gasteiger partial charge on any atom is 0.270 e. The molecule has 2 aliphatic rings. The van der Waals surface area contributed by atoms with E-state index < -0.39 is 16.6 Å². The van der Waals surface area contributed by atoms with Crippen LogP contribution in [0.5, 0.6) is 0 Å². The highest BCUT2D eigenvalue weighted by Crippen LogP contribution is 2.30. The molecule has 2 heterocycles. The van der Waals surface area contributed by atoms with E-state index in [0.717, 1.165) is 32.0 Å². The van der Waals surface area contributed by atoms with Crippen molar-refractivity contribution in [1.82, 2.24) is 0 Å². The van der Waals surface area contributed by atoms with Gasteiger partial charge in [0.25, 0.3) is 11.6 Å². The largest absolute Gasteiger partial charge is 0.371 e. The molecule has 0 radical (unpaired) electrons. The first-order valence-electron chi connectivity index (χ1n) is 9.89. The van der Waals surface area contributed by atoms with E-state index in [2.05, 4.69) is 5.32 Å². The molecule has 8 nitrogen and oxygen atoms in total. The van der Waals surface area contributed by atoms with Crippen LogP contribution in [0.25, 0.3) is 0 Å². The Morgan fingerprint density at radius 1 is 1.03 bits per heavy atom. The van der Waals surface area contributed by atoms with Gasteiger partial charge in [-0.3, -0.25) is 19.7 Å². The van der Waals surface area contributed by atoms with Gasteiger partial charge in [0.15, 0.2) is 0 Å².